The fraction of sp³-hybridized carbons (Fsp3) is 0.409. The SMILES string of the molecule is Cc1ccc(C2(N)C=C(N(C)C)NC(N3CCN(c4cnccn4)CC3)=N2)cc1C. The largest absolute Gasteiger partial charge is 0.364 e. The smallest absolute Gasteiger partial charge is 0.202 e. The molecule has 0 amide bonds. The van der Waals surface area contributed by atoms with Gasteiger partial charge in [0.05, 0.1) is 6.20 Å². The molecule has 1 saturated heterocycles. The average Bonchev–Trinajstić information content (AvgIpc) is 2.76. The van der Waals surface area contributed by atoms with Crippen molar-refractivity contribution in [1.29, 1.82) is 0 Å². The Labute approximate surface area is 178 Å². The van der Waals surface area contributed by atoms with Crippen molar-refractivity contribution < 1.29 is 0 Å². The zero-order chi connectivity index (χ0) is 21.3. The van der Waals surface area contributed by atoms with E-state index in [1.54, 1.807) is 12.4 Å². The lowest BCUT2D eigenvalue weighted by molar-refractivity contribution is 0.352. The van der Waals surface area contributed by atoms with E-state index in [1.165, 1.54) is 11.1 Å². The predicted octanol–water partition coefficient (Wildman–Crippen LogP) is 1.39. The van der Waals surface area contributed by atoms with Gasteiger partial charge < -0.3 is 20.0 Å². The van der Waals surface area contributed by atoms with Crippen LogP contribution < -0.4 is 16.0 Å². The molecule has 1 fully saturated rings. The number of nitrogens with one attached hydrogen (secondary N) is 1. The highest BCUT2D eigenvalue weighted by molar-refractivity contribution is 5.83. The summed E-state index contributed by atoms with van der Waals surface area (Å²) in [5.41, 5.74) is 9.39. The highest BCUT2D eigenvalue weighted by Crippen LogP contribution is 2.28. The van der Waals surface area contributed by atoms with Gasteiger partial charge >= 0.3 is 0 Å². The zero-order valence-electron chi connectivity index (χ0n) is 18.1. The quantitative estimate of drug-likeness (QED) is 0.797. The molecule has 1 aromatic carbocycles. The number of piperazine rings is 1. The molecule has 4 rings (SSSR count). The van der Waals surface area contributed by atoms with E-state index in [4.69, 9.17) is 10.7 Å². The third kappa shape index (κ3) is 3.95. The molecular weight excluding hydrogens is 376 g/mol. The number of rotatable bonds is 3. The molecule has 3 N–H and O–H groups in total. The van der Waals surface area contributed by atoms with Gasteiger partial charge in [0.15, 0.2) is 5.66 Å². The van der Waals surface area contributed by atoms with Gasteiger partial charge in [0.25, 0.3) is 0 Å². The predicted molar refractivity (Wildman–Crippen MR) is 120 cm³/mol. The number of hydrogen-bond donors (Lipinski definition) is 2. The molecule has 1 unspecified atom stereocenters. The zero-order valence-corrected chi connectivity index (χ0v) is 18.1. The van der Waals surface area contributed by atoms with Crippen LogP contribution in [0, 0.1) is 13.8 Å². The first-order valence-electron chi connectivity index (χ1n) is 10.3. The van der Waals surface area contributed by atoms with Gasteiger partial charge in [-0.25, -0.2) is 9.98 Å². The normalized spacial score (nSPS) is 21.6. The Hall–Kier alpha value is -3.13. The van der Waals surface area contributed by atoms with E-state index in [9.17, 15) is 0 Å². The van der Waals surface area contributed by atoms with Crippen LogP contribution in [0.3, 0.4) is 0 Å². The van der Waals surface area contributed by atoms with Crippen LogP contribution in [0.25, 0.3) is 0 Å². The molecule has 8 heteroatoms. The topological polar surface area (TPSA) is 85.9 Å². The lowest BCUT2D eigenvalue weighted by Crippen LogP contribution is -2.56. The summed E-state index contributed by atoms with van der Waals surface area (Å²) in [5.74, 6) is 2.66. The van der Waals surface area contributed by atoms with Crippen LogP contribution in [-0.4, -0.2) is 66.0 Å². The maximum atomic E-state index is 6.86. The molecule has 2 aliphatic heterocycles. The lowest BCUT2D eigenvalue weighted by atomic mass is 9.95. The van der Waals surface area contributed by atoms with Gasteiger partial charge in [0, 0.05) is 58.7 Å². The molecule has 0 saturated carbocycles. The summed E-state index contributed by atoms with van der Waals surface area (Å²) in [6.45, 7) is 7.56. The number of hydrogen-bond acceptors (Lipinski definition) is 8. The van der Waals surface area contributed by atoms with Crippen molar-refractivity contribution >= 4 is 11.8 Å². The first-order valence-corrected chi connectivity index (χ1v) is 10.3. The minimum absolute atomic E-state index is 0.806. The summed E-state index contributed by atoms with van der Waals surface area (Å²) in [6.07, 6.45) is 7.23. The molecule has 0 aliphatic carbocycles. The summed E-state index contributed by atoms with van der Waals surface area (Å²) >= 11 is 0. The Bertz CT molecular complexity index is 960. The van der Waals surface area contributed by atoms with Crippen LogP contribution in [0.5, 0.6) is 0 Å². The number of nitrogens with two attached hydrogens (primary N) is 1. The number of nitrogens with zero attached hydrogens (tertiary/aromatic N) is 6. The van der Waals surface area contributed by atoms with Gasteiger partial charge in [-0.05, 0) is 30.5 Å². The van der Waals surface area contributed by atoms with E-state index >= 15 is 0 Å². The van der Waals surface area contributed by atoms with Crippen LogP contribution in [0.15, 0.2) is 53.7 Å². The van der Waals surface area contributed by atoms with Crippen molar-refractivity contribution in [3.05, 3.63) is 65.4 Å². The summed E-state index contributed by atoms with van der Waals surface area (Å²) in [4.78, 5) is 20.1. The number of aryl methyl sites for hydroxylation is 2. The third-order valence-electron chi connectivity index (χ3n) is 5.79. The van der Waals surface area contributed by atoms with Crippen molar-refractivity contribution in [3.63, 3.8) is 0 Å². The van der Waals surface area contributed by atoms with Crippen LogP contribution in [0.1, 0.15) is 16.7 Å². The monoisotopic (exact) mass is 406 g/mol. The van der Waals surface area contributed by atoms with Gasteiger partial charge in [-0.3, -0.25) is 10.7 Å². The number of anilines is 1. The van der Waals surface area contributed by atoms with E-state index in [-0.39, 0.29) is 0 Å². The molecule has 30 heavy (non-hydrogen) atoms. The number of aromatic nitrogens is 2. The van der Waals surface area contributed by atoms with Crippen LogP contribution in [0.2, 0.25) is 0 Å². The van der Waals surface area contributed by atoms with Crippen molar-refractivity contribution in [1.82, 2.24) is 25.1 Å². The van der Waals surface area contributed by atoms with Gasteiger partial charge in [0.1, 0.15) is 11.6 Å². The summed E-state index contributed by atoms with van der Waals surface area (Å²) in [5, 5.41) is 3.46. The van der Waals surface area contributed by atoms with E-state index < -0.39 is 5.66 Å². The van der Waals surface area contributed by atoms with Crippen LogP contribution in [-0.2, 0) is 5.66 Å². The van der Waals surface area contributed by atoms with Gasteiger partial charge in [-0.2, -0.15) is 0 Å². The molecule has 1 atom stereocenters. The molecule has 1 aromatic heterocycles. The number of aliphatic imine (C=N–C) groups is 1. The molecule has 8 nitrogen and oxygen atoms in total. The highest BCUT2D eigenvalue weighted by Gasteiger charge is 2.33. The van der Waals surface area contributed by atoms with E-state index in [0.717, 1.165) is 49.3 Å². The van der Waals surface area contributed by atoms with Crippen molar-refractivity contribution in [3.8, 4) is 0 Å². The van der Waals surface area contributed by atoms with Crippen molar-refractivity contribution in [2.24, 2.45) is 10.7 Å². The highest BCUT2D eigenvalue weighted by atomic mass is 15.4. The number of benzene rings is 1. The summed E-state index contributed by atoms with van der Waals surface area (Å²) < 4.78 is 0. The molecular formula is C22H30N8. The Morgan fingerprint density at radius 1 is 1.03 bits per heavy atom. The van der Waals surface area contributed by atoms with Crippen molar-refractivity contribution in [2.75, 3.05) is 45.2 Å². The molecule has 0 radical (unpaired) electrons. The maximum absolute atomic E-state index is 6.86. The summed E-state index contributed by atoms with van der Waals surface area (Å²) in [6, 6.07) is 6.32. The van der Waals surface area contributed by atoms with Gasteiger partial charge in [-0.15, -0.1) is 0 Å². The first-order chi connectivity index (χ1) is 14.4. The lowest BCUT2D eigenvalue weighted by Gasteiger charge is -2.40. The minimum atomic E-state index is -0.916. The number of guanidine groups is 1. The average molecular weight is 407 g/mol. The Kier molecular flexibility index (Phi) is 5.34. The van der Waals surface area contributed by atoms with Crippen molar-refractivity contribution in [2.45, 2.75) is 19.5 Å². The minimum Gasteiger partial charge on any atom is -0.364 e. The summed E-state index contributed by atoms with van der Waals surface area (Å²) in [7, 11) is 4.02. The standard InChI is InChI=1S/C22H30N8/c1-16-5-6-18(13-17(16)2)22(23)14-19(28(3)4)26-21(27-22)30-11-9-29(10-12-30)20-15-24-7-8-25-20/h5-8,13-15H,9-12,23H2,1-4H3,(H,26,27). The van der Waals surface area contributed by atoms with E-state index in [2.05, 4.69) is 57.1 Å². The van der Waals surface area contributed by atoms with Gasteiger partial charge in [0.2, 0.25) is 5.96 Å². The maximum Gasteiger partial charge on any atom is 0.202 e. The molecule has 3 heterocycles. The van der Waals surface area contributed by atoms with Crippen LogP contribution >= 0.6 is 0 Å². The molecule has 158 valence electrons. The molecule has 2 aromatic rings. The van der Waals surface area contributed by atoms with E-state index in [0.29, 0.717) is 0 Å². The fourth-order valence-electron chi connectivity index (χ4n) is 3.73. The van der Waals surface area contributed by atoms with E-state index in [1.807, 2.05) is 31.3 Å². The Morgan fingerprint density at radius 2 is 1.77 bits per heavy atom. The second-order valence-corrected chi connectivity index (χ2v) is 8.15. The van der Waals surface area contributed by atoms with Crippen LogP contribution in [0.4, 0.5) is 5.82 Å². The first kappa shape index (κ1) is 20.2. The second-order valence-electron chi connectivity index (χ2n) is 8.15. The molecule has 0 bridgehead atoms. The second kappa shape index (κ2) is 7.95. The fourth-order valence-corrected chi connectivity index (χ4v) is 3.73. The molecule has 2 aliphatic rings. The molecule has 0 spiro atoms. The Balaban J connectivity index is 1.59. The Morgan fingerprint density at radius 3 is 2.40 bits per heavy atom. The van der Waals surface area contributed by atoms with Gasteiger partial charge in [-0.1, -0.05) is 18.2 Å². The third-order valence-corrected chi connectivity index (χ3v) is 5.79.